The summed E-state index contributed by atoms with van der Waals surface area (Å²) in [6.45, 7) is 5.43. The van der Waals surface area contributed by atoms with E-state index in [0.29, 0.717) is 6.61 Å². The summed E-state index contributed by atoms with van der Waals surface area (Å²) >= 11 is 0. The molecule has 0 saturated carbocycles. The first-order valence-electron chi connectivity index (χ1n) is 4.11. The summed E-state index contributed by atoms with van der Waals surface area (Å²) in [5.74, 6) is -0.580. The molecule has 0 bridgehead atoms. The van der Waals surface area contributed by atoms with Crippen molar-refractivity contribution >= 4 is 11.8 Å². The maximum absolute atomic E-state index is 10.8. The van der Waals surface area contributed by atoms with Crippen LogP contribution in [0.1, 0.15) is 32.6 Å². The Morgan fingerprint density at radius 2 is 2.00 bits per heavy atom. The fourth-order valence-electron chi connectivity index (χ4n) is 0.719. The van der Waals surface area contributed by atoms with E-state index in [9.17, 15) is 9.59 Å². The maximum Gasteiger partial charge on any atom is 0.313 e. The third-order valence-electron chi connectivity index (χ3n) is 1.30. The van der Waals surface area contributed by atoms with E-state index < -0.39 is 5.97 Å². The lowest BCUT2D eigenvalue weighted by Gasteiger charge is -2.01. The van der Waals surface area contributed by atoms with E-state index in [1.165, 1.54) is 6.92 Å². The van der Waals surface area contributed by atoms with Crippen molar-refractivity contribution in [3.05, 3.63) is 6.92 Å². The first-order chi connectivity index (χ1) is 5.66. The van der Waals surface area contributed by atoms with Crippen LogP contribution >= 0.6 is 0 Å². The van der Waals surface area contributed by atoms with Crippen LogP contribution in [0, 0.1) is 6.92 Å². The van der Waals surface area contributed by atoms with Gasteiger partial charge in [0.05, 0.1) is 6.61 Å². The number of carbonyl (C=O) groups is 2. The molecule has 0 fully saturated rings. The molecular formula is C9H15O3. The quantitative estimate of drug-likeness (QED) is 0.345. The molecule has 0 aromatic carbocycles. The molecule has 69 valence electrons. The summed E-state index contributed by atoms with van der Waals surface area (Å²) in [4.78, 5) is 21.2. The van der Waals surface area contributed by atoms with Gasteiger partial charge >= 0.3 is 5.97 Å². The second-order valence-electron chi connectivity index (χ2n) is 2.66. The van der Waals surface area contributed by atoms with Crippen LogP contribution in [0.15, 0.2) is 0 Å². The standard InChI is InChI=1S/C9H15O3/c1-3-4-5-6-12-9(11)7-8(2)10/h1,3-7H2,2H3. The Bertz CT molecular complexity index is 152. The van der Waals surface area contributed by atoms with Gasteiger partial charge in [-0.25, -0.2) is 0 Å². The van der Waals surface area contributed by atoms with Crippen LogP contribution in [0.25, 0.3) is 0 Å². The van der Waals surface area contributed by atoms with Gasteiger partial charge in [-0.3, -0.25) is 9.59 Å². The van der Waals surface area contributed by atoms with Crippen molar-refractivity contribution in [2.75, 3.05) is 6.61 Å². The number of esters is 1. The van der Waals surface area contributed by atoms with Crippen molar-refractivity contribution in [2.45, 2.75) is 32.6 Å². The van der Waals surface area contributed by atoms with E-state index in [-0.39, 0.29) is 12.2 Å². The fourth-order valence-corrected chi connectivity index (χ4v) is 0.719. The van der Waals surface area contributed by atoms with Crippen LogP contribution in [-0.2, 0) is 14.3 Å². The van der Waals surface area contributed by atoms with Gasteiger partial charge in [-0.05, 0) is 13.3 Å². The van der Waals surface area contributed by atoms with Gasteiger partial charge < -0.3 is 4.74 Å². The smallest absolute Gasteiger partial charge is 0.313 e. The minimum absolute atomic E-state index is 0.107. The Hall–Kier alpha value is -0.860. The molecule has 0 spiro atoms. The average molecular weight is 171 g/mol. The molecule has 3 nitrogen and oxygen atoms in total. The van der Waals surface area contributed by atoms with Crippen molar-refractivity contribution in [3.8, 4) is 0 Å². The zero-order chi connectivity index (χ0) is 9.40. The van der Waals surface area contributed by atoms with Crippen LogP contribution in [-0.4, -0.2) is 18.4 Å². The molecule has 1 radical (unpaired) electrons. The van der Waals surface area contributed by atoms with E-state index in [1.54, 1.807) is 0 Å². The van der Waals surface area contributed by atoms with Crippen molar-refractivity contribution in [2.24, 2.45) is 0 Å². The largest absolute Gasteiger partial charge is 0.465 e. The maximum atomic E-state index is 10.8. The molecule has 0 heterocycles. The highest BCUT2D eigenvalue weighted by molar-refractivity contribution is 5.94. The number of Topliss-reactive ketones (excluding diaryl/α,β-unsaturated/α-hetero) is 1. The summed E-state index contributed by atoms with van der Waals surface area (Å²) in [5, 5.41) is 0. The summed E-state index contributed by atoms with van der Waals surface area (Å²) < 4.78 is 4.77. The molecule has 0 rings (SSSR count). The highest BCUT2D eigenvalue weighted by atomic mass is 16.5. The minimum atomic E-state index is -0.424. The second-order valence-corrected chi connectivity index (χ2v) is 2.66. The van der Waals surface area contributed by atoms with Gasteiger partial charge in [-0.1, -0.05) is 19.8 Å². The molecule has 12 heavy (non-hydrogen) atoms. The van der Waals surface area contributed by atoms with Crippen molar-refractivity contribution < 1.29 is 14.3 Å². The monoisotopic (exact) mass is 171 g/mol. The van der Waals surface area contributed by atoms with Gasteiger partial charge in [-0.15, -0.1) is 0 Å². The highest BCUT2D eigenvalue weighted by Crippen LogP contribution is 1.95. The number of hydrogen-bond donors (Lipinski definition) is 0. The number of unbranched alkanes of at least 4 members (excludes halogenated alkanes) is 2. The predicted molar refractivity (Wildman–Crippen MR) is 45.5 cm³/mol. The predicted octanol–water partition coefficient (Wildman–Crippen LogP) is 1.51. The van der Waals surface area contributed by atoms with Gasteiger partial charge in [0.1, 0.15) is 12.2 Å². The molecule has 0 unspecified atom stereocenters. The molecule has 0 atom stereocenters. The van der Waals surface area contributed by atoms with Gasteiger partial charge in [0.2, 0.25) is 0 Å². The lowest BCUT2D eigenvalue weighted by molar-refractivity contribution is -0.145. The molecule has 0 saturated heterocycles. The first-order valence-corrected chi connectivity index (χ1v) is 4.11. The number of carbonyl (C=O) groups excluding carboxylic acids is 2. The molecule has 0 N–H and O–H groups in total. The minimum Gasteiger partial charge on any atom is -0.465 e. The Morgan fingerprint density at radius 1 is 1.33 bits per heavy atom. The van der Waals surface area contributed by atoms with E-state index in [2.05, 4.69) is 6.92 Å². The summed E-state index contributed by atoms with van der Waals surface area (Å²) in [6, 6.07) is 0. The van der Waals surface area contributed by atoms with Gasteiger partial charge in [0, 0.05) is 0 Å². The van der Waals surface area contributed by atoms with E-state index in [4.69, 9.17) is 4.74 Å². The molecule has 0 aromatic rings. The first kappa shape index (κ1) is 11.1. The normalized spacial score (nSPS) is 9.50. The van der Waals surface area contributed by atoms with E-state index >= 15 is 0 Å². The number of hydrogen-bond acceptors (Lipinski definition) is 3. The average Bonchev–Trinajstić information content (AvgIpc) is 1.97. The Labute approximate surface area is 73.1 Å². The third kappa shape index (κ3) is 7.25. The lowest BCUT2D eigenvalue weighted by Crippen LogP contribution is -2.09. The van der Waals surface area contributed by atoms with Gasteiger partial charge in [-0.2, -0.15) is 0 Å². The lowest BCUT2D eigenvalue weighted by atomic mass is 10.3. The Kier molecular flexibility index (Phi) is 6.34. The SMILES string of the molecule is [CH2]CCCCOC(=O)CC(C)=O. The van der Waals surface area contributed by atoms with Crippen LogP contribution in [0.3, 0.4) is 0 Å². The summed E-state index contributed by atoms with van der Waals surface area (Å²) in [5.41, 5.74) is 0. The summed E-state index contributed by atoms with van der Waals surface area (Å²) in [7, 11) is 0. The molecule has 3 heteroatoms. The zero-order valence-electron chi connectivity index (χ0n) is 7.47. The van der Waals surface area contributed by atoms with Gasteiger partial charge in [0.15, 0.2) is 0 Å². The van der Waals surface area contributed by atoms with Crippen LogP contribution in [0.2, 0.25) is 0 Å². The third-order valence-corrected chi connectivity index (χ3v) is 1.30. The van der Waals surface area contributed by atoms with Crippen LogP contribution in [0.5, 0.6) is 0 Å². The second kappa shape index (κ2) is 6.83. The van der Waals surface area contributed by atoms with E-state index in [0.717, 1.165) is 19.3 Å². The van der Waals surface area contributed by atoms with Crippen LogP contribution < -0.4 is 0 Å². The van der Waals surface area contributed by atoms with Crippen LogP contribution in [0.4, 0.5) is 0 Å². The Balaban J connectivity index is 3.26. The highest BCUT2D eigenvalue weighted by Gasteiger charge is 2.04. The van der Waals surface area contributed by atoms with Crippen molar-refractivity contribution in [3.63, 3.8) is 0 Å². The molecule has 0 aromatic heterocycles. The number of ketones is 1. The number of rotatable bonds is 6. The molecule has 0 aliphatic carbocycles. The number of ether oxygens (including phenoxy) is 1. The fraction of sp³-hybridized carbons (Fsp3) is 0.667. The molecule has 0 aliphatic rings. The Morgan fingerprint density at radius 3 is 2.50 bits per heavy atom. The summed E-state index contributed by atoms with van der Waals surface area (Å²) in [6.07, 6.45) is 2.52. The van der Waals surface area contributed by atoms with Crippen molar-refractivity contribution in [1.29, 1.82) is 0 Å². The zero-order valence-corrected chi connectivity index (χ0v) is 7.47. The van der Waals surface area contributed by atoms with Gasteiger partial charge in [0.25, 0.3) is 0 Å². The topological polar surface area (TPSA) is 43.4 Å². The van der Waals surface area contributed by atoms with E-state index in [1.807, 2.05) is 0 Å². The molecule has 0 amide bonds. The molecule has 0 aliphatic heterocycles. The molecular weight excluding hydrogens is 156 g/mol. The van der Waals surface area contributed by atoms with Crippen molar-refractivity contribution in [1.82, 2.24) is 0 Å².